The summed E-state index contributed by atoms with van der Waals surface area (Å²) in [7, 11) is 4.35. The van der Waals surface area contributed by atoms with Crippen LogP contribution in [0.15, 0.2) is 12.1 Å². The number of hydrogen-bond donors (Lipinski definition) is 2. The van der Waals surface area contributed by atoms with Gasteiger partial charge in [-0.15, -0.1) is 0 Å². The van der Waals surface area contributed by atoms with Crippen LogP contribution in [-0.4, -0.2) is 57.5 Å². The zero-order chi connectivity index (χ0) is 17.3. The SMILES string of the molecule is COC(=O)NC1CN(N[C@H]2OC(=O)c3c(OC)cc(OC)cc32)C1. The van der Waals surface area contributed by atoms with E-state index in [9.17, 15) is 9.59 Å². The van der Waals surface area contributed by atoms with Crippen molar-refractivity contribution < 1.29 is 28.5 Å². The van der Waals surface area contributed by atoms with Crippen molar-refractivity contribution in [3.63, 3.8) is 0 Å². The number of benzene rings is 1. The van der Waals surface area contributed by atoms with E-state index in [1.54, 1.807) is 19.2 Å². The summed E-state index contributed by atoms with van der Waals surface area (Å²) in [6.45, 7) is 1.14. The second-order valence-electron chi connectivity index (χ2n) is 5.45. The lowest BCUT2D eigenvalue weighted by atomic mass is 10.1. The number of carbonyl (C=O) groups is 2. The third-order valence-electron chi connectivity index (χ3n) is 3.96. The molecule has 0 saturated carbocycles. The van der Waals surface area contributed by atoms with E-state index in [1.807, 2.05) is 5.01 Å². The van der Waals surface area contributed by atoms with Crippen LogP contribution in [-0.2, 0) is 9.47 Å². The number of rotatable bonds is 5. The molecule has 0 bridgehead atoms. The number of hydrogen-bond acceptors (Lipinski definition) is 8. The molecule has 0 spiro atoms. The normalized spacial score (nSPS) is 20.0. The van der Waals surface area contributed by atoms with Crippen molar-refractivity contribution >= 4 is 12.1 Å². The molecule has 2 aliphatic rings. The molecule has 1 fully saturated rings. The van der Waals surface area contributed by atoms with E-state index < -0.39 is 18.3 Å². The van der Waals surface area contributed by atoms with E-state index in [0.29, 0.717) is 35.7 Å². The lowest BCUT2D eigenvalue weighted by Gasteiger charge is -2.40. The molecule has 1 aromatic carbocycles. The number of cyclic esters (lactones) is 1. The quantitative estimate of drug-likeness (QED) is 0.746. The molecule has 2 aliphatic heterocycles. The lowest BCUT2D eigenvalue weighted by molar-refractivity contribution is -0.0301. The van der Waals surface area contributed by atoms with E-state index in [4.69, 9.17) is 14.2 Å². The van der Waals surface area contributed by atoms with Gasteiger partial charge in [0.1, 0.15) is 17.1 Å². The summed E-state index contributed by atoms with van der Waals surface area (Å²) in [6.07, 6.45) is -1.10. The van der Waals surface area contributed by atoms with Crippen LogP contribution >= 0.6 is 0 Å². The van der Waals surface area contributed by atoms with Gasteiger partial charge in [-0.05, 0) is 6.07 Å². The fraction of sp³-hybridized carbons (Fsp3) is 0.467. The molecule has 9 nitrogen and oxygen atoms in total. The summed E-state index contributed by atoms with van der Waals surface area (Å²) in [6, 6.07) is 3.37. The van der Waals surface area contributed by atoms with E-state index in [2.05, 4.69) is 15.5 Å². The number of ether oxygens (including phenoxy) is 4. The Morgan fingerprint density at radius 3 is 2.62 bits per heavy atom. The van der Waals surface area contributed by atoms with Crippen molar-refractivity contribution in [1.82, 2.24) is 15.8 Å². The van der Waals surface area contributed by atoms with Crippen LogP contribution in [0.4, 0.5) is 4.79 Å². The summed E-state index contributed by atoms with van der Waals surface area (Å²) < 4.78 is 20.4. The van der Waals surface area contributed by atoms with Crippen LogP contribution in [0.25, 0.3) is 0 Å². The smallest absolute Gasteiger partial charge is 0.407 e. The molecular weight excluding hydrogens is 318 g/mol. The summed E-state index contributed by atoms with van der Waals surface area (Å²) >= 11 is 0. The Kier molecular flexibility index (Phi) is 4.45. The van der Waals surface area contributed by atoms with Gasteiger partial charge < -0.3 is 24.3 Å². The highest BCUT2D eigenvalue weighted by molar-refractivity contribution is 5.97. The topological polar surface area (TPSA) is 98.4 Å². The van der Waals surface area contributed by atoms with Gasteiger partial charge >= 0.3 is 12.1 Å². The number of carbonyl (C=O) groups excluding carboxylic acids is 2. The van der Waals surface area contributed by atoms with Crippen molar-refractivity contribution in [3.8, 4) is 11.5 Å². The molecule has 0 aromatic heterocycles. The highest BCUT2D eigenvalue weighted by atomic mass is 16.6. The Hall–Kier alpha value is -2.52. The third kappa shape index (κ3) is 2.95. The van der Waals surface area contributed by atoms with Crippen LogP contribution in [0.1, 0.15) is 22.1 Å². The zero-order valence-corrected chi connectivity index (χ0v) is 13.6. The van der Waals surface area contributed by atoms with Gasteiger partial charge in [-0.2, -0.15) is 0 Å². The highest BCUT2D eigenvalue weighted by Gasteiger charge is 2.38. The molecular formula is C15H19N3O6. The van der Waals surface area contributed by atoms with E-state index in [-0.39, 0.29) is 6.04 Å². The van der Waals surface area contributed by atoms with Crippen molar-refractivity contribution in [2.45, 2.75) is 12.3 Å². The molecule has 24 heavy (non-hydrogen) atoms. The molecule has 2 heterocycles. The van der Waals surface area contributed by atoms with Gasteiger partial charge in [-0.1, -0.05) is 0 Å². The Balaban J connectivity index is 1.68. The molecule has 0 aliphatic carbocycles. The molecule has 0 radical (unpaired) electrons. The second-order valence-corrected chi connectivity index (χ2v) is 5.45. The van der Waals surface area contributed by atoms with Crippen LogP contribution in [0.3, 0.4) is 0 Å². The fourth-order valence-corrected chi connectivity index (χ4v) is 2.71. The minimum Gasteiger partial charge on any atom is -0.497 e. The van der Waals surface area contributed by atoms with Crippen LogP contribution in [0, 0.1) is 0 Å². The maximum atomic E-state index is 12.1. The highest BCUT2D eigenvalue weighted by Crippen LogP contribution is 2.38. The van der Waals surface area contributed by atoms with E-state index in [1.165, 1.54) is 14.2 Å². The Labute approximate surface area is 138 Å². The molecule has 1 atom stereocenters. The average molecular weight is 337 g/mol. The Bertz CT molecular complexity index is 659. The van der Waals surface area contributed by atoms with Gasteiger partial charge in [0, 0.05) is 24.7 Å². The van der Waals surface area contributed by atoms with Crippen molar-refractivity contribution in [2.24, 2.45) is 0 Å². The predicted octanol–water partition coefficient (Wildman–Crippen LogP) is 0.418. The zero-order valence-electron chi connectivity index (χ0n) is 13.6. The first-order valence-electron chi connectivity index (χ1n) is 7.38. The van der Waals surface area contributed by atoms with E-state index in [0.717, 1.165) is 0 Å². The largest absolute Gasteiger partial charge is 0.497 e. The number of amides is 1. The molecule has 3 rings (SSSR count). The first-order valence-corrected chi connectivity index (χ1v) is 7.38. The maximum absolute atomic E-state index is 12.1. The lowest BCUT2D eigenvalue weighted by Crippen LogP contribution is -2.63. The molecule has 1 amide bonds. The molecule has 2 N–H and O–H groups in total. The van der Waals surface area contributed by atoms with Crippen molar-refractivity contribution in [3.05, 3.63) is 23.3 Å². The van der Waals surface area contributed by atoms with Gasteiger partial charge in [0.15, 0.2) is 6.23 Å². The minimum absolute atomic E-state index is 0.0126. The first-order chi connectivity index (χ1) is 11.5. The van der Waals surface area contributed by atoms with Crippen LogP contribution in [0.5, 0.6) is 11.5 Å². The van der Waals surface area contributed by atoms with Gasteiger partial charge in [0.25, 0.3) is 0 Å². The molecule has 9 heteroatoms. The first kappa shape index (κ1) is 16.3. The summed E-state index contributed by atoms with van der Waals surface area (Å²) in [5.41, 5.74) is 4.16. The summed E-state index contributed by atoms with van der Waals surface area (Å²) in [5.74, 6) is 0.531. The fourth-order valence-electron chi connectivity index (χ4n) is 2.71. The maximum Gasteiger partial charge on any atom is 0.407 e. The van der Waals surface area contributed by atoms with Crippen molar-refractivity contribution in [2.75, 3.05) is 34.4 Å². The monoisotopic (exact) mass is 337 g/mol. The molecule has 0 unspecified atom stereocenters. The number of esters is 1. The molecule has 130 valence electrons. The number of fused-ring (bicyclic) bond motifs is 1. The van der Waals surface area contributed by atoms with Gasteiger partial charge in [-0.25, -0.2) is 20.0 Å². The Morgan fingerprint density at radius 1 is 1.25 bits per heavy atom. The number of alkyl carbamates (subject to hydrolysis) is 1. The summed E-state index contributed by atoms with van der Waals surface area (Å²) in [5, 5.41) is 4.54. The third-order valence-corrected chi connectivity index (χ3v) is 3.96. The average Bonchev–Trinajstić information content (AvgIpc) is 2.87. The standard InChI is InChI=1S/C15H19N3O6/c1-21-9-4-10-12(11(5-9)22-2)14(19)24-13(10)17-18-6-8(7-18)16-15(20)23-3/h4-5,8,13,17H,6-7H2,1-3H3,(H,16,20)/t13-/m0/s1. The minimum atomic E-state index is -0.629. The van der Waals surface area contributed by atoms with E-state index >= 15 is 0 Å². The number of nitrogens with one attached hydrogen (secondary N) is 2. The molecule has 1 aromatic rings. The predicted molar refractivity (Wildman–Crippen MR) is 81.7 cm³/mol. The number of methoxy groups -OCH3 is 3. The van der Waals surface area contributed by atoms with Gasteiger partial charge in [0.2, 0.25) is 0 Å². The van der Waals surface area contributed by atoms with Gasteiger partial charge in [0.05, 0.1) is 27.4 Å². The number of hydrazine groups is 1. The van der Waals surface area contributed by atoms with Gasteiger partial charge in [-0.3, -0.25) is 0 Å². The second kappa shape index (κ2) is 6.54. The number of nitrogens with zero attached hydrogens (tertiary/aromatic N) is 1. The summed E-state index contributed by atoms with van der Waals surface area (Å²) in [4.78, 5) is 23.3. The Morgan fingerprint density at radius 2 is 2.00 bits per heavy atom. The van der Waals surface area contributed by atoms with Crippen LogP contribution in [0.2, 0.25) is 0 Å². The van der Waals surface area contributed by atoms with Crippen LogP contribution < -0.4 is 20.2 Å². The van der Waals surface area contributed by atoms with Crippen molar-refractivity contribution in [1.29, 1.82) is 0 Å². The molecule has 1 saturated heterocycles.